The van der Waals surface area contributed by atoms with E-state index in [-0.39, 0.29) is 5.63 Å². The van der Waals surface area contributed by atoms with Gasteiger partial charge in [0.15, 0.2) is 0 Å². The van der Waals surface area contributed by atoms with Crippen LogP contribution in [0.5, 0.6) is 0 Å². The van der Waals surface area contributed by atoms with Crippen molar-refractivity contribution in [2.45, 2.75) is 11.8 Å². The fraction of sp³-hybridized carbons (Fsp3) is 0.438. The second-order valence-corrected chi connectivity index (χ2v) is 6.62. The summed E-state index contributed by atoms with van der Waals surface area (Å²) in [5.74, 6) is 0.843. The van der Waals surface area contributed by atoms with E-state index >= 15 is 0 Å². The van der Waals surface area contributed by atoms with Crippen molar-refractivity contribution in [3.8, 4) is 0 Å². The van der Waals surface area contributed by atoms with Crippen LogP contribution in [0.3, 0.4) is 0 Å². The number of benzene rings is 1. The molecule has 1 aliphatic rings. The van der Waals surface area contributed by atoms with Crippen LogP contribution in [-0.2, 0) is 0 Å². The molecule has 0 radical (unpaired) electrons. The predicted octanol–water partition coefficient (Wildman–Crippen LogP) is 2.40. The highest BCUT2D eigenvalue weighted by atomic mass is 32.2. The molecule has 2 heterocycles. The van der Waals surface area contributed by atoms with Crippen molar-refractivity contribution >= 4 is 22.7 Å². The highest BCUT2D eigenvalue weighted by molar-refractivity contribution is 7.99. The van der Waals surface area contributed by atoms with Crippen molar-refractivity contribution in [2.24, 2.45) is 0 Å². The molecule has 1 saturated heterocycles. The first kappa shape index (κ1) is 14.6. The van der Waals surface area contributed by atoms with Gasteiger partial charge in [-0.15, -0.1) is 11.8 Å². The lowest BCUT2D eigenvalue weighted by molar-refractivity contribution is 0.175. The molecule has 0 spiro atoms. The minimum absolute atomic E-state index is 0.231. The number of thioether (sulfide) groups is 1. The highest BCUT2D eigenvalue weighted by Crippen LogP contribution is 2.22. The van der Waals surface area contributed by atoms with E-state index in [4.69, 9.17) is 4.42 Å². The number of likely N-dealkylation sites (N-methyl/N-ethyl adjacent to an activating group) is 1. The van der Waals surface area contributed by atoms with Crippen molar-refractivity contribution in [3.63, 3.8) is 0 Å². The van der Waals surface area contributed by atoms with Gasteiger partial charge < -0.3 is 9.32 Å². The maximum atomic E-state index is 12.0. The van der Waals surface area contributed by atoms with Crippen molar-refractivity contribution in [2.75, 3.05) is 39.1 Å². The zero-order valence-electron chi connectivity index (χ0n) is 12.5. The molecule has 4 nitrogen and oxygen atoms in total. The van der Waals surface area contributed by atoms with Crippen LogP contribution in [-0.4, -0.2) is 48.9 Å². The maximum Gasteiger partial charge on any atom is 0.350 e. The summed E-state index contributed by atoms with van der Waals surface area (Å²) in [6, 6.07) is 7.83. The predicted molar refractivity (Wildman–Crippen MR) is 87.0 cm³/mol. The normalized spacial score (nSPS) is 17.4. The number of fused-ring (bicyclic) bond motifs is 1. The molecule has 21 heavy (non-hydrogen) atoms. The van der Waals surface area contributed by atoms with E-state index in [1.165, 1.54) is 5.56 Å². The topological polar surface area (TPSA) is 36.7 Å². The van der Waals surface area contributed by atoms with E-state index in [0.717, 1.165) is 37.4 Å². The van der Waals surface area contributed by atoms with E-state index in [9.17, 15) is 4.79 Å². The summed E-state index contributed by atoms with van der Waals surface area (Å²) >= 11 is 1.58. The van der Waals surface area contributed by atoms with E-state index in [2.05, 4.69) is 22.9 Å². The third kappa shape index (κ3) is 3.48. The van der Waals surface area contributed by atoms with E-state index < -0.39 is 0 Å². The average molecular weight is 304 g/mol. The largest absolute Gasteiger partial charge is 0.422 e. The van der Waals surface area contributed by atoms with Crippen molar-refractivity contribution < 1.29 is 4.42 Å². The second kappa shape index (κ2) is 6.22. The number of rotatable bonds is 3. The third-order valence-electron chi connectivity index (χ3n) is 3.85. The van der Waals surface area contributed by atoms with Crippen LogP contribution in [0.25, 0.3) is 11.0 Å². The van der Waals surface area contributed by atoms with E-state index in [1.54, 1.807) is 11.8 Å². The standard InChI is InChI=1S/C16H20N2O2S/c1-12-3-4-14-13(9-12)10-15(16(19)20-14)21-11-18-7-5-17(2)6-8-18/h3-4,9-10H,5-8,11H2,1-2H3. The summed E-state index contributed by atoms with van der Waals surface area (Å²) in [5.41, 5.74) is 1.60. The van der Waals surface area contributed by atoms with Crippen LogP contribution in [0, 0.1) is 6.92 Å². The first-order valence-electron chi connectivity index (χ1n) is 7.20. The molecule has 5 heteroatoms. The molecule has 0 amide bonds. The molecule has 1 fully saturated rings. The SMILES string of the molecule is Cc1ccc2oc(=O)c(SCN3CCN(C)CC3)cc2c1. The van der Waals surface area contributed by atoms with Gasteiger partial charge in [0.2, 0.25) is 0 Å². The summed E-state index contributed by atoms with van der Waals surface area (Å²) in [5, 5.41) is 0.996. The molecule has 1 aromatic heterocycles. The molecule has 1 aromatic carbocycles. The third-order valence-corrected chi connectivity index (χ3v) is 4.94. The number of hydrogen-bond donors (Lipinski definition) is 0. The molecule has 0 bridgehead atoms. The van der Waals surface area contributed by atoms with Gasteiger partial charge in [0.05, 0.1) is 4.90 Å². The smallest absolute Gasteiger partial charge is 0.350 e. The number of hydrogen-bond acceptors (Lipinski definition) is 5. The van der Waals surface area contributed by atoms with Gasteiger partial charge in [-0.2, -0.15) is 0 Å². The Balaban J connectivity index is 1.74. The quantitative estimate of drug-likeness (QED) is 0.643. The van der Waals surface area contributed by atoms with Gasteiger partial charge in [0.25, 0.3) is 0 Å². The minimum Gasteiger partial charge on any atom is -0.422 e. The summed E-state index contributed by atoms with van der Waals surface area (Å²) in [6.45, 7) is 6.34. The van der Waals surface area contributed by atoms with Crippen LogP contribution >= 0.6 is 11.8 Å². The minimum atomic E-state index is -0.231. The monoisotopic (exact) mass is 304 g/mol. The molecular weight excluding hydrogens is 284 g/mol. The average Bonchev–Trinajstić information content (AvgIpc) is 2.47. The van der Waals surface area contributed by atoms with Crippen LogP contribution in [0.15, 0.2) is 38.4 Å². The number of nitrogens with zero attached hydrogens (tertiary/aromatic N) is 2. The van der Waals surface area contributed by atoms with Crippen molar-refractivity contribution in [1.82, 2.24) is 9.80 Å². The Morgan fingerprint density at radius 3 is 2.71 bits per heavy atom. The van der Waals surface area contributed by atoms with Crippen LogP contribution in [0.4, 0.5) is 0 Å². The van der Waals surface area contributed by atoms with Crippen molar-refractivity contribution in [1.29, 1.82) is 0 Å². The number of piperazine rings is 1. The van der Waals surface area contributed by atoms with Crippen LogP contribution in [0.2, 0.25) is 0 Å². The first-order valence-corrected chi connectivity index (χ1v) is 8.18. The van der Waals surface area contributed by atoms with Gasteiger partial charge >= 0.3 is 5.63 Å². The molecule has 0 unspecified atom stereocenters. The molecular formula is C16H20N2O2S. The summed E-state index contributed by atoms with van der Waals surface area (Å²) in [7, 11) is 2.14. The molecule has 0 aliphatic carbocycles. The summed E-state index contributed by atoms with van der Waals surface area (Å²) < 4.78 is 5.40. The van der Waals surface area contributed by atoms with Gasteiger partial charge in [0.1, 0.15) is 5.58 Å². The Morgan fingerprint density at radius 1 is 1.19 bits per heavy atom. The fourth-order valence-electron chi connectivity index (χ4n) is 2.46. The van der Waals surface area contributed by atoms with Gasteiger partial charge in [-0.25, -0.2) is 4.79 Å². The van der Waals surface area contributed by atoms with Gasteiger partial charge in [-0.3, -0.25) is 4.90 Å². The van der Waals surface area contributed by atoms with Gasteiger partial charge in [0, 0.05) is 37.4 Å². The van der Waals surface area contributed by atoms with Gasteiger partial charge in [-0.05, 0) is 32.2 Å². The number of aryl methyl sites for hydroxylation is 1. The molecule has 1 aliphatic heterocycles. The molecule has 0 N–H and O–H groups in total. The summed E-state index contributed by atoms with van der Waals surface area (Å²) in [4.78, 5) is 17.4. The molecule has 112 valence electrons. The van der Waals surface area contributed by atoms with E-state index in [1.807, 2.05) is 25.1 Å². The molecule has 2 aromatic rings. The van der Waals surface area contributed by atoms with Crippen LogP contribution < -0.4 is 5.63 Å². The Morgan fingerprint density at radius 2 is 1.95 bits per heavy atom. The second-order valence-electron chi connectivity index (χ2n) is 5.63. The Kier molecular flexibility index (Phi) is 4.33. The van der Waals surface area contributed by atoms with Crippen molar-refractivity contribution in [3.05, 3.63) is 40.2 Å². The van der Waals surface area contributed by atoms with Crippen LogP contribution in [0.1, 0.15) is 5.56 Å². The zero-order valence-corrected chi connectivity index (χ0v) is 13.3. The molecule has 3 rings (SSSR count). The molecule has 0 saturated carbocycles. The van der Waals surface area contributed by atoms with Gasteiger partial charge in [-0.1, -0.05) is 11.6 Å². The highest BCUT2D eigenvalue weighted by Gasteiger charge is 2.15. The fourth-order valence-corrected chi connectivity index (χ4v) is 3.41. The lowest BCUT2D eigenvalue weighted by Crippen LogP contribution is -2.44. The lowest BCUT2D eigenvalue weighted by atomic mass is 10.2. The zero-order chi connectivity index (χ0) is 14.8. The lowest BCUT2D eigenvalue weighted by Gasteiger charge is -2.31. The Hall–Kier alpha value is -1.30. The maximum absolute atomic E-state index is 12.0. The summed E-state index contributed by atoms with van der Waals surface area (Å²) in [6.07, 6.45) is 0. The Bertz CT molecular complexity index is 690. The first-order chi connectivity index (χ1) is 10.1. The van der Waals surface area contributed by atoms with E-state index in [0.29, 0.717) is 10.5 Å². The Labute approximate surface area is 128 Å². The molecule has 0 atom stereocenters.